The number of rotatable bonds is 6. The van der Waals surface area contributed by atoms with Crippen LogP contribution in [0.2, 0.25) is 0 Å². The zero-order chi connectivity index (χ0) is 44.5. The van der Waals surface area contributed by atoms with Crippen molar-refractivity contribution < 1.29 is 13.3 Å². The van der Waals surface area contributed by atoms with Gasteiger partial charge in [0.1, 0.15) is 28.1 Å². The van der Waals surface area contributed by atoms with Gasteiger partial charge in [0.05, 0.1) is 11.1 Å². The van der Waals surface area contributed by atoms with Gasteiger partial charge in [-0.25, -0.2) is 0 Å². The fourth-order valence-corrected chi connectivity index (χ4v) is 11.7. The van der Waals surface area contributed by atoms with E-state index in [1.165, 1.54) is 33.4 Å². The Morgan fingerprint density at radius 2 is 0.809 bits per heavy atom. The van der Waals surface area contributed by atoms with Crippen molar-refractivity contribution in [3.05, 3.63) is 253 Å². The first-order chi connectivity index (χ1) is 33.7. The van der Waals surface area contributed by atoms with Crippen LogP contribution in [0.3, 0.4) is 0 Å². The smallest absolute Gasteiger partial charge is 0.159 e. The first kappa shape index (κ1) is 37.2. The molecule has 68 heavy (non-hydrogen) atoms. The number of hydrogen-bond donors (Lipinski definition) is 0. The van der Waals surface area contributed by atoms with Crippen LogP contribution in [0.1, 0.15) is 22.3 Å². The molecule has 0 saturated heterocycles. The van der Waals surface area contributed by atoms with Gasteiger partial charge in [-0.3, -0.25) is 0 Å². The second-order valence-electron chi connectivity index (χ2n) is 17.9. The highest BCUT2D eigenvalue weighted by Crippen LogP contribution is 2.66. The Bertz CT molecular complexity index is 4180. The van der Waals surface area contributed by atoms with Crippen molar-refractivity contribution in [2.75, 3.05) is 9.80 Å². The molecule has 5 heteroatoms. The van der Waals surface area contributed by atoms with E-state index in [0.717, 1.165) is 100 Å². The van der Waals surface area contributed by atoms with E-state index in [2.05, 4.69) is 222 Å². The Hall–Kier alpha value is -9.06. The number of hydrogen-bond acceptors (Lipinski definition) is 5. The molecule has 1 spiro atoms. The molecule has 0 aliphatic heterocycles. The number of furan rings is 3. The highest BCUT2D eigenvalue weighted by Gasteiger charge is 2.55. The fraction of sp³-hybridized carbons (Fsp3) is 0.0159. The maximum atomic E-state index is 7.05. The van der Waals surface area contributed by atoms with E-state index in [9.17, 15) is 0 Å². The molecule has 318 valence electrons. The van der Waals surface area contributed by atoms with E-state index in [1.54, 1.807) is 0 Å². The van der Waals surface area contributed by atoms with E-state index in [1.807, 2.05) is 18.2 Å². The van der Waals surface area contributed by atoms with Crippen LogP contribution in [0.5, 0.6) is 0 Å². The molecule has 2 aliphatic carbocycles. The monoisotopic (exact) mass is 870 g/mol. The van der Waals surface area contributed by atoms with Gasteiger partial charge in [-0.2, -0.15) is 0 Å². The van der Waals surface area contributed by atoms with Crippen LogP contribution in [0, 0.1) is 0 Å². The molecular formula is C63H38N2O3. The quantitative estimate of drug-likeness (QED) is 0.167. The molecular weight excluding hydrogens is 833 g/mol. The van der Waals surface area contributed by atoms with Crippen molar-refractivity contribution in [2.24, 2.45) is 0 Å². The Morgan fingerprint density at radius 1 is 0.294 bits per heavy atom. The summed E-state index contributed by atoms with van der Waals surface area (Å²) in [4.78, 5) is 4.73. The van der Waals surface area contributed by atoms with E-state index in [-0.39, 0.29) is 0 Å². The molecule has 15 rings (SSSR count). The Kier molecular flexibility index (Phi) is 7.64. The minimum Gasteiger partial charge on any atom is -0.456 e. The lowest BCUT2D eigenvalue weighted by Gasteiger charge is -2.33. The summed E-state index contributed by atoms with van der Waals surface area (Å²) < 4.78 is 20.1. The highest BCUT2D eigenvalue weighted by molar-refractivity contribution is 6.11. The van der Waals surface area contributed by atoms with Gasteiger partial charge in [0.15, 0.2) is 5.58 Å². The average Bonchev–Trinajstić information content (AvgIpc) is 4.20. The van der Waals surface area contributed by atoms with Crippen LogP contribution in [0.25, 0.3) is 77.3 Å². The lowest BCUT2D eigenvalue weighted by molar-refractivity contribution is 0.628. The first-order valence-corrected chi connectivity index (χ1v) is 23.2. The lowest BCUT2D eigenvalue weighted by atomic mass is 9.70. The van der Waals surface area contributed by atoms with Crippen LogP contribution < -0.4 is 9.80 Å². The summed E-state index contributed by atoms with van der Waals surface area (Å²) in [6.45, 7) is 0. The summed E-state index contributed by atoms with van der Waals surface area (Å²) in [7, 11) is 0. The van der Waals surface area contributed by atoms with Gasteiger partial charge in [0.2, 0.25) is 0 Å². The van der Waals surface area contributed by atoms with Crippen molar-refractivity contribution in [2.45, 2.75) is 5.41 Å². The maximum Gasteiger partial charge on any atom is 0.159 e. The van der Waals surface area contributed by atoms with Gasteiger partial charge in [-0.05, 0) is 125 Å². The Morgan fingerprint density at radius 3 is 1.57 bits per heavy atom. The van der Waals surface area contributed by atoms with E-state index >= 15 is 0 Å². The molecule has 1 atom stereocenters. The van der Waals surface area contributed by atoms with Crippen molar-refractivity contribution in [1.29, 1.82) is 0 Å². The molecule has 0 amide bonds. The molecule has 0 N–H and O–H groups in total. The zero-order valence-electron chi connectivity index (χ0n) is 36.6. The van der Waals surface area contributed by atoms with Gasteiger partial charge in [0.25, 0.3) is 0 Å². The van der Waals surface area contributed by atoms with Gasteiger partial charge >= 0.3 is 0 Å². The van der Waals surface area contributed by atoms with Crippen LogP contribution >= 0.6 is 0 Å². The third-order valence-electron chi connectivity index (χ3n) is 14.4. The topological polar surface area (TPSA) is 45.9 Å². The number of benzene rings is 10. The molecule has 10 aromatic carbocycles. The second kappa shape index (κ2) is 14.0. The first-order valence-electron chi connectivity index (χ1n) is 23.2. The molecule has 0 fully saturated rings. The number of fused-ring (bicyclic) bond motifs is 18. The molecule has 3 heterocycles. The predicted octanol–water partition coefficient (Wildman–Crippen LogP) is 17.5. The largest absolute Gasteiger partial charge is 0.456 e. The normalized spacial score (nSPS) is 14.5. The van der Waals surface area contributed by atoms with Crippen LogP contribution in [0.15, 0.2) is 244 Å². The van der Waals surface area contributed by atoms with Crippen molar-refractivity contribution in [1.82, 2.24) is 0 Å². The van der Waals surface area contributed by atoms with Gasteiger partial charge < -0.3 is 23.1 Å². The van der Waals surface area contributed by atoms with Crippen LogP contribution in [0.4, 0.5) is 34.1 Å². The molecule has 13 aromatic rings. The zero-order valence-corrected chi connectivity index (χ0v) is 36.6. The third-order valence-corrected chi connectivity index (χ3v) is 14.4. The summed E-state index contributed by atoms with van der Waals surface area (Å²) in [6, 6.07) is 82.5. The highest BCUT2D eigenvalue weighted by atomic mass is 16.3. The van der Waals surface area contributed by atoms with Gasteiger partial charge in [-0.1, -0.05) is 133 Å². The van der Waals surface area contributed by atoms with Crippen molar-refractivity contribution in [3.8, 4) is 22.5 Å². The lowest BCUT2D eigenvalue weighted by Crippen LogP contribution is -2.26. The van der Waals surface area contributed by atoms with Crippen LogP contribution in [-0.4, -0.2) is 0 Å². The average molecular weight is 871 g/mol. The number of anilines is 6. The molecule has 5 nitrogen and oxygen atoms in total. The minimum atomic E-state index is -0.740. The summed E-state index contributed by atoms with van der Waals surface area (Å²) in [6.07, 6.45) is 0. The maximum absolute atomic E-state index is 7.05. The van der Waals surface area contributed by atoms with Crippen molar-refractivity contribution >= 4 is 89.0 Å². The molecule has 0 saturated carbocycles. The third kappa shape index (κ3) is 5.04. The van der Waals surface area contributed by atoms with Crippen molar-refractivity contribution in [3.63, 3.8) is 0 Å². The predicted molar refractivity (Wildman–Crippen MR) is 276 cm³/mol. The standard InChI is InChI=1S/C63H38N2O3/c1-3-16-39(17-4-1)64(41-32-35-59-51(36-41)47-22-9-12-27-56(47)66-59)42-31-34-49-54(37-42)63(60-50-23-10-14-29-58(50)68-62(49)60)52-25-11-7-20-44(52)45-33-30-43(38-53(45)63)65(40-18-5-2-6-19-40)55-26-15-24-48-46-21-8-13-28-57(46)67-61(48)55/h1-38H. The van der Waals surface area contributed by atoms with E-state index < -0.39 is 5.41 Å². The van der Waals surface area contributed by atoms with E-state index in [4.69, 9.17) is 13.3 Å². The number of nitrogens with zero attached hydrogens (tertiary/aromatic N) is 2. The second-order valence-corrected chi connectivity index (χ2v) is 17.9. The molecule has 0 bridgehead atoms. The van der Waals surface area contributed by atoms with E-state index in [0.29, 0.717) is 0 Å². The molecule has 1 unspecified atom stereocenters. The van der Waals surface area contributed by atoms with Crippen LogP contribution in [-0.2, 0) is 5.41 Å². The fourth-order valence-electron chi connectivity index (χ4n) is 11.7. The Balaban J connectivity index is 1.01. The summed E-state index contributed by atoms with van der Waals surface area (Å²) in [5.41, 5.74) is 18.1. The summed E-state index contributed by atoms with van der Waals surface area (Å²) >= 11 is 0. The molecule has 2 aliphatic rings. The summed E-state index contributed by atoms with van der Waals surface area (Å²) in [5, 5.41) is 5.46. The molecule has 0 radical (unpaired) electrons. The summed E-state index contributed by atoms with van der Waals surface area (Å²) in [5.74, 6) is 0.908. The number of para-hydroxylation sites is 6. The minimum absolute atomic E-state index is 0.740. The van der Waals surface area contributed by atoms with Gasteiger partial charge in [-0.15, -0.1) is 0 Å². The Labute approximate surface area is 390 Å². The molecule has 3 aromatic heterocycles. The van der Waals surface area contributed by atoms with Gasteiger partial charge in [0, 0.05) is 66.5 Å². The SMILES string of the molecule is c1ccc(N(c2ccc3c(c2)C2(c4ccccc4-c4ccc(N(c5ccccc5)c5cccc6c5oc5ccccc56)cc42)c2c-3oc3ccccc23)c2ccc3oc4ccccc4c3c2)cc1.